The van der Waals surface area contributed by atoms with Crippen molar-refractivity contribution in [2.24, 2.45) is 0 Å². The zero-order valence-corrected chi connectivity index (χ0v) is 10.6. The lowest BCUT2D eigenvalue weighted by Crippen LogP contribution is -2.45. The molecular formula is C10H16ClN3O2. The third-order valence-electron chi connectivity index (χ3n) is 2.50. The topological polar surface area (TPSA) is 58.5 Å². The summed E-state index contributed by atoms with van der Waals surface area (Å²) < 4.78 is 4.94. The molecule has 16 heavy (non-hydrogen) atoms. The second kappa shape index (κ2) is 4.84. The predicted molar refractivity (Wildman–Crippen MR) is 63.2 cm³/mol. The maximum atomic E-state index is 9.28. The zero-order chi connectivity index (χ0) is 12.3. The van der Waals surface area contributed by atoms with Crippen molar-refractivity contribution in [2.45, 2.75) is 19.4 Å². The van der Waals surface area contributed by atoms with E-state index in [9.17, 15) is 5.11 Å². The Morgan fingerprint density at radius 1 is 1.56 bits per heavy atom. The molecule has 0 aliphatic heterocycles. The number of hydrogen-bond donors (Lipinski definition) is 1. The van der Waals surface area contributed by atoms with Crippen molar-refractivity contribution < 1.29 is 9.84 Å². The van der Waals surface area contributed by atoms with E-state index in [0.29, 0.717) is 10.8 Å². The van der Waals surface area contributed by atoms with Crippen LogP contribution in [0.4, 0.5) is 5.82 Å². The molecular weight excluding hydrogens is 230 g/mol. The van der Waals surface area contributed by atoms with Gasteiger partial charge >= 0.3 is 6.01 Å². The molecule has 0 saturated heterocycles. The van der Waals surface area contributed by atoms with Gasteiger partial charge in [-0.15, -0.1) is 0 Å². The number of nitrogens with zero attached hydrogens (tertiary/aromatic N) is 3. The van der Waals surface area contributed by atoms with E-state index in [2.05, 4.69) is 9.97 Å². The molecule has 0 amide bonds. The number of hydrogen-bond acceptors (Lipinski definition) is 5. The van der Waals surface area contributed by atoms with Gasteiger partial charge < -0.3 is 14.7 Å². The van der Waals surface area contributed by atoms with Crippen LogP contribution in [0.2, 0.25) is 5.02 Å². The average Bonchev–Trinajstić information content (AvgIpc) is 2.29. The summed E-state index contributed by atoms with van der Waals surface area (Å²) in [6, 6.07) is 0.250. The summed E-state index contributed by atoms with van der Waals surface area (Å²) in [5.74, 6) is 0.535. The summed E-state index contributed by atoms with van der Waals surface area (Å²) in [6.45, 7) is 3.77. The van der Waals surface area contributed by atoms with Crippen LogP contribution in [0.1, 0.15) is 13.8 Å². The molecule has 0 aromatic carbocycles. The molecule has 0 saturated carbocycles. The fraction of sp³-hybridized carbons (Fsp3) is 0.600. The average molecular weight is 246 g/mol. The maximum absolute atomic E-state index is 9.28. The van der Waals surface area contributed by atoms with Gasteiger partial charge in [-0.25, -0.2) is 4.98 Å². The summed E-state index contributed by atoms with van der Waals surface area (Å²) in [5, 5.41) is 9.70. The smallest absolute Gasteiger partial charge is 0.318 e. The molecule has 0 fully saturated rings. The molecule has 0 bridgehead atoms. The van der Waals surface area contributed by atoms with Gasteiger partial charge in [0.05, 0.1) is 25.5 Å². The van der Waals surface area contributed by atoms with Crippen molar-refractivity contribution in [3.63, 3.8) is 0 Å². The first-order chi connectivity index (χ1) is 7.42. The number of rotatable bonds is 4. The summed E-state index contributed by atoms with van der Waals surface area (Å²) >= 11 is 6.01. The Morgan fingerprint density at radius 2 is 2.19 bits per heavy atom. The highest BCUT2D eigenvalue weighted by molar-refractivity contribution is 6.32. The van der Waals surface area contributed by atoms with E-state index in [0.717, 1.165) is 0 Å². The lowest BCUT2D eigenvalue weighted by atomic mass is 10.1. The minimum absolute atomic E-state index is 0.00779. The second-order valence-electron chi connectivity index (χ2n) is 4.06. The van der Waals surface area contributed by atoms with Gasteiger partial charge in [0.25, 0.3) is 0 Å². The Hall–Kier alpha value is -1.07. The minimum atomic E-state index is -0.455. The number of anilines is 1. The third-order valence-corrected chi connectivity index (χ3v) is 2.77. The number of aromatic nitrogens is 2. The number of aliphatic hydroxyl groups is 1. The van der Waals surface area contributed by atoms with Crippen LogP contribution in [0, 0.1) is 0 Å². The molecule has 0 aliphatic rings. The van der Waals surface area contributed by atoms with E-state index in [1.807, 2.05) is 20.9 Å². The van der Waals surface area contributed by atoms with Gasteiger partial charge in [-0.3, -0.25) is 0 Å². The van der Waals surface area contributed by atoms with E-state index in [1.54, 1.807) is 4.90 Å². The van der Waals surface area contributed by atoms with Crippen molar-refractivity contribution in [3.05, 3.63) is 11.2 Å². The standard InChI is InChI=1S/C10H16ClN3O2/c1-10(2,6-15)14(3)8-7(11)5-12-9(13-8)16-4/h5,15H,6H2,1-4H3. The number of methoxy groups -OCH3 is 1. The van der Waals surface area contributed by atoms with Gasteiger partial charge in [-0.05, 0) is 13.8 Å². The normalized spacial score (nSPS) is 11.4. The maximum Gasteiger partial charge on any atom is 0.318 e. The second-order valence-corrected chi connectivity index (χ2v) is 4.47. The summed E-state index contributed by atoms with van der Waals surface area (Å²) in [6.07, 6.45) is 1.48. The highest BCUT2D eigenvalue weighted by Gasteiger charge is 2.26. The van der Waals surface area contributed by atoms with Gasteiger partial charge in [0, 0.05) is 7.05 Å². The first-order valence-corrected chi connectivity index (χ1v) is 5.21. The van der Waals surface area contributed by atoms with E-state index >= 15 is 0 Å². The molecule has 6 heteroatoms. The van der Waals surface area contributed by atoms with Crippen LogP contribution in [0.3, 0.4) is 0 Å². The molecule has 1 rings (SSSR count). The van der Waals surface area contributed by atoms with Crippen molar-refractivity contribution in [2.75, 3.05) is 25.7 Å². The fourth-order valence-corrected chi connectivity index (χ4v) is 1.29. The monoisotopic (exact) mass is 245 g/mol. The lowest BCUT2D eigenvalue weighted by Gasteiger charge is -2.35. The lowest BCUT2D eigenvalue weighted by molar-refractivity contribution is 0.215. The highest BCUT2D eigenvalue weighted by Crippen LogP contribution is 2.28. The van der Waals surface area contributed by atoms with Crippen molar-refractivity contribution >= 4 is 17.4 Å². The van der Waals surface area contributed by atoms with Gasteiger partial charge in [-0.2, -0.15) is 4.98 Å². The van der Waals surface area contributed by atoms with E-state index in [-0.39, 0.29) is 12.6 Å². The van der Waals surface area contributed by atoms with Crippen LogP contribution in [0.15, 0.2) is 6.20 Å². The Balaban J connectivity index is 3.11. The predicted octanol–water partition coefficient (Wildman–Crippen LogP) is 1.35. The summed E-state index contributed by atoms with van der Waals surface area (Å²) in [4.78, 5) is 9.84. The molecule has 1 heterocycles. The Morgan fingerprint density at radius 3 is 2.69 bits per heavy atom. The minimum Gasteiger partial charge on any atom is -0.467 e. The first-order valence-electron chi connectivity index (χ1n) is 4.83. The van der Waals surface area contributed by atoms with Crippen molar-refractivity contribution in [1.29, 1.82) is 0 Å². The molecule has 0 radical (unpaired) electrons. The van der Waals surface area contributed by atoms with Crippen LogP contribution in [0.25, 0.3) is 0 Å². The molecule has 0 atom stereocenters. The molecule has 90 valence electrons. The first kappa shape index (κ1) is 13.0. The summed E-state index contributed by atoms with van der Waals surface area (Å²) in [5.41, 5.74) is -0.455. The van der Waals surface area contributed by atoms with E-state index in [1.165, 1.54) is 13.3 Å². The number of halogens is 1. The molecule has 1 N–H and O–H groups in total. The Kier molecular flexibility index (Phi) is 3.93. The van der Waals surface area contributed by atoms with Crippen LogP contribution >= 0.6 is 11.6 Å². The van der Waals surface area contributed by atoms with E-state index in [4.69, 9.17) is 16.3 Å². The third kappa shape index (κ3) is 2.54. The molecule has 1 aromatic rings. The molecule has 0 unspecified atom stereocenters. The van der Waals surface area contributed by atoms with Gasteiger partial charge in [-0.1, -0.05) is 11.6 Å². The SMILES string of the molecule is COc1ncc(Cl)c(N(C)C(C)(C)CO)n1. The molecule has 5 nitrogen and oxygen atoms in total. The number of ether oxygens (including phenoxy) is 1. The molecule has 1 aromatic heterocycles. The Labute approximate surface area is 100 Å². The zero-order valence-electron chi connectivity index (χ0n) is 9.86. The van der Waals surface area contributed by atoms with Gasteiger partial charge in [0.15, 0.2) is 5.82 Å². The van der Waals surface area contributed by atoms with Gasteiger partial charge in [0.1, 0.15) is 5.02 Å². The van der Waals surface area contributed by atoms with Crippen LogP contribution in [0.5, 0.6) is 6.01 Å². The van der Waals surface area contributed by atoms with Crippen molar-refractivity contribution in [1.82, 2.24) is 9.97 Å². The fourth-order valence-electron chi connectivity index (χ4n) is 1.07. The number of likely N-dealkylation sites (N-methyl/N-ethyl adjacent to an activating group) is 1. The summed E-state index contributed by atoms with van der Waals surface area (Å²) in [7, 11) is 3.30. The number of aliphatic hydroxyl groups excluding tert-OH is 1. The van der Waals surface area contributed by atoms with Crippen molar-refractivity contribution in [3.8, 4) is 6.01 Å². The highest BCUT2D eigenvalue weighted by atomic mass is 35.5. The quantitative estimate of drug-likeness (QED) is 0.868. The largest absolute Gasteiger partial charge is 0.467 e. The molecule has 0 spiro atoms. The van der Waals surface area contributed by atoms with Crippen LogP contribution in [-0.4, -0.2) is 41.4 Å². The van der Waals surface area contributed by atoms with Crippen LogP contribution in [-0.2, 0) is 0 Å². The molecule has 0 aliphatic carbocycles. The van der Waals surface area contributed by atoms with Gasteiger partial charge in [0.2, 0.25) is 0 Å². The van der Waals surface area contributed by atoms with Crippen LogP contribution < -0.4 is 9.64 Å². The van der Waals surface area contributed by atoms with E-state index < -0.39 is 5.54 Å². The Bertz CT molecular complexity index is 371.